The van der Waals surface area contributed by atoms with Crippen molar-refractivity contribution >= 4 is 10.0 Å². The van der Waals surface area contributed by atoms with Gasteiger partial charge in [0.25, 0.3) is 0 Å². The van der Waals surface area contributed by atoms with Gasteiger partial charge in [-0.15, -0.1) is 0 Å². The Hall–Kier alpha value is -2.47. The molecule has 4 nitrogen and oxygen atoms in total. The van der Waals surface area contributed by atoms with E-state index in [1.54, 1.807) is 12.1 Å². The van der Waals surface area contributed by atoms with Crippen LogP contribution in [-0.2, 0) is 10.0 Å². The van der Waals surface area contributed by atoms with Crippen molar-refractivity contribution in [1.29, 1.82) is 0 Å². The minimum absolute atomic E-state index is 0.190. The zero-order chi connectivity index (χ0) is 24.5. The average Bonchev–Trinajstić information content (AvgIpc) is 2.89. The van der Waals surface area contributed by atoms with Gasteiger partial charge in [-0.1, -0.05) is 110 Å². The van der Waals surface area contributed by atoms with E-state index in [1.807, 2.05) is 67.6 Å². The molecule has 0 saturated heterocycles. The maximum atomic E-state index is 13.5. The molecule has 3 aromatic carbocycles. The topological polar surface area (TPSA) is 58.2 Å². The first-order valence-electron chi connectivity index (χ1n) is 13.0. The summed E-state index contributed by atoms with van der Waals surface area (Å²) in [5.41, 5.74) is 3.05. The second-order valence-electron chi connectivity index (χ2n) is 9.81. The fourth-order valence-corrected chi connectivity index (χ4v) is 6.39. The highest BCUT2D eigenvalue weighted by Gasteiger charge is 2.29. The second-order valence-corrected chi connectivity index (χ2v) is 11.5. The third kappa shape index (κ3) is 7.26. The molecule has 35 heavy (non-hydrogen) atoms. The van der Waals surface area contributed by atoms with Gasteiger partial charge in [0.15, 0.2) is 0 Å². The minimum atomic E-state index is -3.72. The summed E-state index contributed by atoms with van der Waals surface area (Å²) < 4.78 is 30.0. The van der Waals surface area contributed by atoms with Crippen LogP contribution >= 0.6 is 0 Å². The molecule has 5 heteroatoms. The lowest BCUT2D eigenvalue weighted by Gasteiger charge is -2.30. The van der Waals surface area contributed by atoms with Crippen LogP contribution in [0.2, 0.25) is 0 Å². The molecule has 0 bridgehead atoms. The standard InChI is InChI=1S/C30H38N2O2S/c1-24-19-21-28(22-20-24)35(33,34)32-30(27-17-9-4-10-18-27)29(26-15-7-3-8-16-26)31-23-11-14-25-12-5-2-6-13-25/h3-4,7-10,15-22,25,29-32H,2,5-6,11-14,23H2,1H3/t29-,30-/m1/s1. The highest BCUT2D eigenvalue weighted by molar-refractivity contribution is 7.89. The summed E-state index contributed by atoms with van der Waals surface area (Å²) in [6, 6.07) is 26.5. The monoisotopic (exact) mass is 490 g/mol. The Kier molecular flexibility index (Phi) is 9.13. The lowest BCUT2D eigenvalue weighted by Crippen LogP contribution is -2.39. The minimum Gasteiger partial charge on any atom is -0.308 e. The normalized spacial score (nSPS) is 16.6. The summed E-state index contributed by atoms with van der Waals surface area (Å²) in [4.78, 5) is 0.285. The van der Waals surface area contributed by atoms with Crippen LogP contribution in [0.15, 0.2) is 89.8 Å². The molecule has 1 aliphatic rings. The number of rotatable bonds is 11. The first-order valence-corrected chi connectivity index (χ1v) is 14.4. The lowest BCUT2D eigenvalue weighted by atomic mass is 9.86. The van der Waals surface area contributed by atoms with E-state index >= 15 is 0 Å². The molecule has 0 amide bonds. The second kappa shape index (κ2) is 12.5. The van der Waals surface area contributed by atoms with Gasteiger partial charge in [0.2, 0.25) is 10.0 Å². The molecule has 1 aliphatic carbocycles. The molecule has 186 valence electrons. The van der Waals surface area contributed by atoms with Gasteiger partial charge in [0, 0.05) is 0 Å². The van der Waals surface area contributed by atoms with Crippen molar-refractivity contribution in [2.45, 2.75) is 68.8 Å². The van der Waals surface area contributed by atoms with Gasteiger partial charge in [0.1, 0.15) is 0 Å². The molecule has 1 saturated carbocycles. The Morgan fingerprint density at radius 2 is 1.34 bits per heavy atom. The molecule has 0 aliphatic heterocycles. The van der Waals surface area contributed by atoms with Gasteiger partial charge in [-0.3, -0.25) is 0 Å². The fraction of sp³-hybridized carbons (Fsp3) is 0.400. The fourth-order valence-electron chi connectivity index (χ4n) is 5.15. The van der Waals surface area contributed by atoms with Crippen LogP contribution in [-0.4, -0.2) is 15.0 Å². The first-order chi connectivity index (χ1) is 17.0. The smallest absolute Gasteiger partial charge is 0.241 e. The van der Waals surface area contributed by atoms with Crippen molar-refractivity contribution in [3.05, 3.63) is 102 Å². The van der Waals surface area contributed by atoms with Crippen molar-refractivity contribution in [3.63, 3.8) is 0 Å². The molecule has 0 aromatic heterocycles. The van der Waals surface area contributed by atoms with Gasteiger partial charge in [0.05, 0.1) is 17.0 Å². The molecular weight excluding hydrogens is 452 g/mol. The molecule has 2 atom stereocenters. The van der Waals surface area contributed by atoms with Crippen molar-refractivity contribution in [2.75, 3.05) is 6.54 Å². The van der Waals surface area contributed by atoms with E-state index in [1.165, 1.54) is 38.5 Å². The maximum Gasteiger partial charge on any atom is 0.241 e. The molecule has 3 aromatic rings. The average molecular weight is 491 g/mol. The van der Waals surface area contributed by atoms with Gasteiger partial charge in [-0.2, -0.15) is 0 Å². The van der Waals surface area contributed by atoms with E-state index in [2.05, 4.69) is 22.2 Å². The predicted octanol–water partition coefficient (Wildman–Crippen LogP) is 6.71. The van der Waals surface area contributed by atoms with Crippen LogP contribution in [0.1, 0.15) is 73.7 Å². The lowest BCUT2D eigenvalue weighted by molar-refractivity contribution is 0.324. The van der Waals surface area contributed by atoms with Crippen LogP contribution in [0.5, 0.6) is 0 Å². The van der Waals surface area contributed by atoms with E-state index in [9.17, 15) is 8.42 Å². The Morgan fingerprint density at radius 1 is 0.771 bits per heavy atom. The molecule has 0 unspecified atom stereocenters. The van der Waals surface area contributed by atoms with E-state index in [0.717, 1.165) is 35.6 Å². The Bertz CT molecular complexity index is 1130. The number of sulfonamides is 1. The van der Waals surface area contributed by atoms with E-state index < -0.39 is 16.1 Å². The first kappa shape index (κ1) is 25.6. The Balaban J connectivity index is 1.58. The van der Waals surface area contributed by atoms with Gasteiger partial charge in [-0.25, -0.2) is 13.1 Å². The summed E-state index contributed by atoms with van der Waals surface area (Å²) in [6.07, 6.45) is 9.14. The Morgan fingerprint density at radius 3 is 1.94 bits per heavy atom. The van der Waals surface area contributed by atoms with Gasteiger partial charge >= 0.3 is 0 Å². The summed E-state index contributed by atoms with van der Waals surface area (Å²) in [5, 5.41) is 3.73. The van der Waals surface area contributed by atoms with Crippen molar-refractivity contribution in [3.8, 4) is 0 Å². The number of nitrogens with one attached hydrogen (secondary N) is 2. The van der Waals surface area contributed by atoms with E-state index in [4.69, 9.17) is 0 Å². The number of aryl methyl sites for hydroxylation is 1. The highest BCUT2D eigenvalue weighted by Crippen LogP contribution is 2.32. The zero-order valence-electron chi connectivity index (χ0n) is 20.7. The van der Waals surface area contributed by atoms with E-state index in [0.29, 0.717) is 0 Å². The summed E-state index contributed by atoms with van der Waals surface area (Å²) >= 11 is 0. The molecule has 0 heterocycles. The summed E-state index contributed by atoms with van der Waals surface area (Å²) in [5.74, 6) is 0.839. The third-order valence-electron chi connectivity index (χ3n) is 7.14. The number of benzene rings is 3. The van der Waals surface area contributed by atoms with Crippen molar-refractivity contribution in [1.82, 2.24) is 10.0 Å². The third-order valence-corrected chi connectivity index (χ3v) is 8.60. The van der Waals surface area contributed by atoms with Gasteiger partial charge in [-0.05, 0) is 55.5 Å². The van der Waals surface area contributed by atoms with Crippen LogP contribution in [0.4, 0.5) is 0 Å². The van der Waals surface area contributed by atoms with Gasteiger partial charge < -0.3 is 5.32 Å². The summed E-state index contributed by atoms with van der Waals surface area (Å²) in [7, 11) is -3.72. The van der Waals surface area contributed by atoms with Crippen LogP contribution in [0.3, 0.4) is 0 Å². The zero-order valence-corrected chi connectivity index (χ0v) is 21.5. The molecule has 4 rings (SSSR count). The molecule has 0 radical (unpaired) electrons. The SMILES string of the molecule is Cc1ccc(S(=O)(=O)N[C@H](c2ccccc2)[C@H](NCCCC2CCCCC2)c2ccccc2)cc1. The van der Waals surface area contributed by atoms with Crippen molar-refractivity contribution < 1.29 is 8.42 Å². The largest absolute Gasteiger partial charge is 0.308 e. The molecule has 0 spiro atoms. The van der Waals surface area contributed by atoms with E-state index in [-0.39, 0.29) is 10.9 Å². The summed E-state index contributed by atoms with van der Waals surface area (Å²) in [6.45, 7) is 2.81. The van der Waals surface area contributed by atoms with Crippen LogP contribution in [0, 0.1) is 12.8 Å². The maximum absolute atomic E-state index is 13.5. The van der Waals surface area contributed by atoms with Crippen molar-refractivity contribution in [2.24, 2.45) is 5.92 Å². The quantitative estimate of drug-likeness (QED) is 0.294. The highest BCUT2D eigenvalue weighted by atomic mass is 32.2. The van der Waals surface area contributed by atoms with Crippen LogP contribution in [0.25, 0.3) is 0 Å². The molecule has 1 fully saturated rings. The predicted molar refractivity (Wildman–Crippen MR) is 144 cm³/mol. The molecular formula is C30H38N2O2S. The van der Waals surface area contributed by atoms with Crippen LogP contribution < -0.4 is 10.0 Å². The number of hydrogen-bond donors (Lipinski definition) is 2. The molecule has 2 N–H and O–H groups in total. The number of hydrogen-bond acceptors (Lipinski definition) is 3. The Labute approximate surface area is 211 Å².